The maximum atomic E-state index is 13.9. The molecule has 202 valence electrons. The summed E-state index contributed by atoms with van der Waals surface area (Å²) in [6.07, 6.45) is 0. The lowest BCUT2D eigenvalue weighted by molar-refractivity contribution is -0.122. The summed E-state index contributed by atoms with van der Waals surface area (Å²) in [5.41, 5.74) is 1.64. The first kappa shape index (κ1) is 26.0. The predicted octanol–water partition coefficient (Wildman–Crippen LogP) is 4.49. The fraction of sp³-hybridized carbons (Fsp3) is 0.172. The van der Waals surface area contributed by atoms with Crippen LogP contribution >= 0.6 is 23.1 Å². The lowest BCUT2D eigenvalue weighted by atomic mass is 9.83. The molecule has 3 heterocycles. The average molecular weight is 576 g/mol. The van der Waals surface area contributed by atoms with Gasteiger partial charge in [0.2, 0.25) is 17.7 Å². The number of thiazole rings is 1. The van der Waals surface area contributed by atoms with Gasteiger partial charge < -0.3 is 10.1 Å². The molecule has 2 aliphatic heterocycles. The number of imide groups is 1. The number of amides is 3. The normalized spacial score (nSPS) is 19.8. The van der Waals surface area contributed by atoms with Gasteiger partial charge in [-0.15, -0.1) is 0 Å². The van der Waals surface area contributed by atoms with Crippen LogP contribution in [0.2, 0.25) is 0 Å². The van der Waals surface area contributed by atoms with Crippen LogP contribution in [0.5, 0.6) is 5.75 Å². The van der Waals surface area contributed by atoms with Crippen LogP contribution in [0.1, 0.15) is 16.4 Å². The Labute approximate surface area is 236 Å². The van der Waals surface area contributed by atoms with Gasteiger partial charge in [-0.1, -0.05) is 53.4 Å². The molecule has 1 N–H and O–H groups in total. The van der Waals surface area contributed by atoms with Crippen LogP contribution < -0.4 is 19.8 Å². The summed E-state index contributed by atoms with van der Waals surface area (Å²) in [6.45, 7) is -0.299. The van der Waals surface area contributed by atoms with E-state index in [1.54, 1.807) is 43.5 Å². The molecule has 1 aromatic heterocycles. The number of ether oxygens (including phenoxy) is 1. The SMILES string of the molecule is COc1ccc([C@H]2c3sc(=O)n(CC(=O)Nc4ccc(F)cc4)c3SC3C(=O)N(c4ccccc4)C(=O)C32)cc1. The molecule has 0 saturated carbocycles. The second kappa shape index (κ2) is 10.4. The molecule has 8 nitrogen and oxygen atoms in total. The number of anilines is 2. The molecule has 1 fully saturated rings. The first-order valence-corrected chi connectivity index (χ1v) is 14.1. The molecule has 40 heavy (non-hydrogen) atoms. The summed E-state index contributed by atoms with van der Waals surface area (Å²) in [5.74, 6) is -2.28. The monoisotopic (exact) mass is 575 g/mol. The third-order valence-electron chi connectivity index (χ3n) is 6.97. The number of carbonyl (C=O) groups excluding carboxylic acids is 3. The van der Waals surface area contributed by atoms with Gasteiger partial charge in [0, 0.05) is 16.5 Å². The van der Waals surface area contributed by atoms with E-state index in [-0.39, 0.29) is 23.2 Å². The summed E-state index contributed by atoms with van der Waals surface area (Å²) in [6, 6.07) is 21.3. The highest BCUT2D eigenvalue weighted by Crippen LogP contribution is 2.54. The average Bonchev–Trinajstić information content (AvgIpc) is 3.41. The minimum Gasteiger partial charge on any atom is -0.497 e. The number of methoxy groups -OCH3 is 1. The molecule has 0 radical (unpaired) electrons. The van der Waals surface area contributed by atoms with Crippen LogP contribution in [0.15, 0.2) is 88.7 Å². The molecular weight excluding hydrogens is 553 g/mol. The first-order valence-electron chi connectivity index (χ1n) is 12.4. The quantitative estimate of drug-likeness (QED) is 0.340. The van der Waals surface area contributed by atoms with Crippen LogP contribution in [-0.2, 0) is 20.9 Å². The van der Waals surface area contributed by atoms with Crippen molar-refractivity contribution in [2.45, 2.75) is 22.7 Å². The Hall–Kier alpha value is -4.22. The van der Waals surface area contributed by atoms with Crippen LogP contribution in [0.25, 0.3) is 0 Å². The lowest BCUT2D eigenvalue weighted by Crippen LogP contribution is -2.33. The zero-order chi connectivity index (χ0) is 28.0. The zero-order valence-corrected chi connectivity index (χ0v) is 22.7. The highest BCUT2D eigenvalue weighted by Gasteiger charge is 2.56. The van der Waals surface area contributed by atoms with Gasteiger partial charge in [0.25, 0.3) is 0 Å². The number of fused-ring (bicyclic) bond motifs is 2. The Morgan fingerprint density at radius 1 is 0.950 bits per heavy atom. The van der Waals surface area contributed by atoms with E-state index in [4.69, 9.17) is 4.74 Å². The summed E-state index contributed by atoms with van der Waals surface area (Å²) >= 11 is 2.12. The molecule has 3 atom stereocenters. The lowest BCUT2D eigenvalue weighted by Gasteiger charge is -2.30. The van der Waals surface area contributed by atoms with Crippen LogP contribution in [0.3, 0.4) is 0 Å². The standard InChI is InChI=1S/C29H22FN3O5S2/c1-38-20-13-7-16(8-14-20)22-23-24(27(36)33(26(23)35)19-5-3-2-4-6-19)39-28-25(22)40-29(37)32(28)15-21(34)31-18-11-9-17(30)10-12-18/h2-14,22-24H,15H2,1H3,(H,31,34)/t22-,23?,24?/m1/s1. The minimum absolute atomic E-state index is 0.299. The van der Waals surface area contributed by atoms with Crippen LogP contribution in [0, 0.1) is 11.7 Å². The van der Waals surface area contributed by atoms with Crippen molar-refractivity contribution in [3.63, 3.8) is 0 Å². The van der Waals surface area contributed by atoms with Crippen LogP contribution in [-0.4, -0.2) is 34.6 Å². The minimum atomic E-state index is -0.785. The molecule has 1 saturated heterocycles. The molecule has 0 spiro atoms. The maximum Gasteiger partial charge on any atom is 0.308 e. The Morgan fingerprint density at radius 2 is 1.65 bits per heavy atom. The van der Waals surface area contributed by atoms with E-state index in [0.29, 0.717) is 27.0 Å². The van der Waals surface area contributed by atoms with Crippen molar-refractivity contribution in [3.8, 4) is 5.75 Å². The van der Waals surface area contributed by atoms with Gasteiger partial charge in [0.15, 0.2) is 0 Å². The third-order valence-corrected chi connectivity index (χ3v) is 9.57. The Kier molecular flexibility index (Phi) is 6.77. The van der Waals surface area contributed by atoms with E-state index < -0.39 is 28.8 Å². The number of benzene rings is 3. The second-order valence-corrected chi connectivity index (χ2v) is 11.5. The van der Waals surface area contributed by atoms with Gasteiger partial charge in [-0.05, 0) is 54.1 Å². The number of hydrogen-bond acceptors (Lipinski definition) is 7. The fourth-order valence-electron chi connectivity index (χ4n) is 5.13. The molecule has 11 heteroatoms. The Balaban J connectivity index is 1.41. The summed E-state index contributed by atoms with van der Waals surface area (Å²) in [5, 5.41) is 2.38. The van der Waals surface area contributed by atoms with Gasteiger partial charge in [-0.3, -0.25) is 23.7 Å². The number of hydrogen-bond donors (Lipinski definition) is 1. The van der Waals surface area contributed by atoms with E-state index >= 15 is 0 Å². The van der Waals surface area contributed by atoms with Crippen LogP contribution in [0.4, 0.5) is 15.8 Å². The van der Waals surface area contributed by atoms with E-state index in [2.05, 4.69) is 5.32 Å². The predicted molar refractivity (Wildman–Crippen MR) is 151 cm³/mol. The molecule has 2 aliphatic rings. The molecule has 0 aliphatic carbocycles. The zero-order valence-electron chi connectivity index (χ0n) is 21.1. The largest absolute Gasteiger partial charge is 0.497 e. The molecule has 3 aromatic carbocycles. The van der Waals surface area contributed by atoms with E-state index in [9.17, 15) is 23.6 Å². The van der Waals surface area contributed by atoms with Crippen molar-refractivity contribution in [1.82, 2.24) is 4.57 Å². The molecule has 0 bridgehead atoms. The fourth-order valence-corrected chi connectivity index (χ4v) is 7.91. The number of nitrogens with zero attached hydrogens (tertiary/aromatic N) is 2. The Morgan fingerprint density at radius 3 is 2.33 bits per heavy atom. The van der Waals surface area contributed by atoms with Gasteiger partial charge in [-0.25, -0.2) is 9.29 Å². The van der Waals surface area contributed by atoms with Crippen molar-refractivity contribution in [2.24, 2.45) is 5.92 Å². The van der Waals surface area contributed by atoms with Crippen molar-refractivity contribution < 1.29 is 23.5 Å². The summed E-state index contributed by atoms with van der Waals surface area (Å²) in [7, 11) is 1.56. The third kappa shape index (κ3) is 4.50. The van der Waals surface area contributed by atoms with Gasteiger partial charge >= 0.3 is 4.87 Å². The van der Waals surface area contributed by atoms with E-state index in [1.165, 1.54) is 33.7 Å². The number of rotatable bonds is 6. The van der Waals surface area contributed by atoms with Crippen molar-refractivity contribution in [2.75, 3.05) is 17.3 Å². The highest BCUT2D eigenvalue weighted by molar-refractivity contribution is 8.00. The number of aromatic nitrogens is 1. The smallest absolute Gasteiger partial charge is 0.308 e. The summed E-state index contributed by atoms with van der Waals surface area (Å²) in [4.78, 5) is 55.2. The number of nitrogens with one attached hydrogen (secondary N) is 1. The molecular formula is C29H22FN3O5S2. The molecule has 4 aromatic rings. The molecule has 2 unspecified atom stereocenters. The Bertz CT molecular complexity index is 1670. The van der Waals surface area contributed by atoms with E-state index in [0.717, 1.165) is 28.7 Å². The van der Waals surface area contributed by atoms with Gasteiger partial charge in [0.1, 0.15) is 23.4 Å². The number of halogens is 1. The van der Waals surface area contributed by atoms with Gasteiger partial charge in [-0.2, -0.15) is 0 Å². The number of para-hydroxylation sites is 1. The van der Waals surface area contributed by atoms with Crippen molar-refractivity contribution >= 4 is 52.2 Å². The maximum absolute atomic E-state index is 13.9. The second-order valence-electron chi connectivity index (χ2n) is 9.34. The molecule has 6 rings (SSSR count). The topological polar surface area (TPSA) is 97.7 Å². The van der Waals surface area contributed by atoms with Crippen molar-refractivity contribution in [3.05, 3.63) is 105 Å². The number of carbonyl (C=O) groups is 3. The van der Waals surface area contributed by atoms with Gasteiger partial charge in [0.05, 0.1) is 23.7 Å². The summed E-state index contributed by atoms with van der Waals surface area (Å²) < 4.78 is 19.9. The first-order chi connectivity index (χ1) is 19.4. The molecule has 3 amide bonds. The highest BCUT2D eigenvalue weighted by atomic mass is 32.2. The number of thioether (sulfide) groups is 1. The van der Waals surface area contributed by atoms with Crippen molar-refractivity contribution in [1.29, 1.82) is 0 Å². The van der Waals surface area contributed by atoms with E-state index in [1.807, 2.05) is 18.2 Å².